The predicted molar refractivity (Wildman–Crippen MR) is 96.4 cm³/mol. The molecule has 6 nitrogen and oxygen atoms in total. The van der Waals surface area contributed by atoms with Crippen molar-refractivity contribution in [1.29, 1.82) is 0 Å². The van der Waals surface area contributed by atoms with E-state index >= 15 is 0 Å². The van der Waals surface area contributed by atoms with Crippen molar-refractivity contribution in [2.45, 2.75) is 28.6 Å². The quantitative estimate of drug-likeness (QED) is 0.846. The molecule has 2 saturated heterocycles. The van der Waals surface area contributed by atoms with Crippen LogP contribution in [0.2, 0.25) is 0 Å². The van der Waals surface area contributed by atoms with Gasteiger partial charge in [-0.05, 0) is 17.9 Å². The number of aromatic nitrogens is 2. The van der Waals surface area contributed by atoms with Gasteiger partial charge in [-0.3, -0.25) is 4.79 Å². The Morgan fingerprint density at radius 3 is 3.04 bits per heavy atom. The van der Waals surface area contributed by atoms with E-state index in [2.05, 4.69) is 20.9 Å². The van der Waals surface area contributed by atoms with E-state index in [1.165, 1.54) is 4.21 Å². The maximum Gasteiger partial charge on any atom is 0.223 e. The normalized spacial score (nSPS) is 22.9. The lowest BCUT2D eigenvalue weighted by atomic mass is 10.1. The Balaban J connectivity index is 1.54. The molecule has 0 unspecified atom stereocenters. The van der Waals surface area contributed by atoms with E-state index in [1.807, 2.05) is 22.4 Å². The van der Waals surface area contributed by atoms with Gasteiger partial charge in [0.05, 0.1) is 10.3 Å². The van der Waals surface area contributed by atoms with Crippen LogP contribution in [0.1, 0.15) is 13.3 Å². The van der Waals surface area contributed by atoms with E-state index in [-0.39, 0.29) is 5.91 Å². The standard InChI is InChI=1S/C16H19N5OS2/c1-10(22)21-5-4-11-8-20(9-12(11)21)13-7-14(19-16(17)18-13)24-15-3-2-6-23-15/h2-3,6-7,11-12H,4-5,8-9H2,1H3,(H2,17,18,19)/t11-,12+/m1/s1. The van der Waals surface area contributed by atoms with Crippen LogP contribution in [0.4, 0.5) is 11.8 Å². The molecule has 4 rings (SSSR count). The highest BCUT2D eigenvalue weighted by Crippen LogP contribution is 2.36. The number of fused-ring (bicyclic) bond motifs is 1. The van der Waals surface area contributed by atoms with Gasteiger partial charge < -0.3 is 15.5 Å². The summed E-state index contributed by atoms with van der Waals surface area (Å²) < 4.78 is 1.18. The molecule has 0 spiro atoms. The second-order valence-corrected chi connectivity index (χ2v) is 8.46. The number of nitrogens with two attached hydrogens (primary N) is 1. The molecule has 2 atom stereocenters. The van der Waals surface area contributed by atoms with Crippen LogP contribution in [0.15, 0.2) is 32.8 Å². The lowest BCUT2D eigenvalue weighted by Gasteiger charge is -2.24. The topological polar surface area (TPSA) is 75.4 Å². The SMILES string of the molecule is CC(=O)N1CC[C@@H]2CN(c3cc(Sc4cccs4)nc(N)n3)C[C@@H]21. The second-order valence-electron chi connectivity index (χ2n) is 6.19. The molecule has 24 heavy (non-hydrogen) atoms. The van der Waals surface area contributed by atoms with Gasteiger partial charge in [0.1, 0.15) is 10.8 Å². The minimum atomic E-state index is 0.167. The number of thiophene rings is 1. The Bertz CT molecular complexity index is 751. The van der Waals surface area contributed by atoms with Crippen molar-refractivity contribution in [1.82, 2.24) is 14.9 Å². The predicted octanol–water partition coefficient (Wildman–Crippen LogP) is 2.33. The lowest BCUT2D eigenvalue weighted by molar-refractivity contribution is -0.129. The zero-order valence-electron chi connectivity index (χ0n) is 13.4. The van der Waals surface area contributed by atoms with Crippen LogP contribution in [0, 0.1) is 5.92 Å². The van der Waals surface area contributed by atoms with Crippen molar-refractivity contribution in [3.05, 3.63) is 23.6 Å². The molecular formula is C16H19N5OS2. The van der Waals surface area contributed by atoms with Crippen molar-refractivity contribution in [3.8, 4) is 0 Å². The molecular weight excluding hydrogens is 342 g/mol. The number of carbonyl (C=O) groups excluding carboxylic acids is 1. The Kier molecular flexibility index (Phi) is 4.09. The summed E-state index contributed by atoms with van der Waals surface area (Å²) in [7, 11) is 0. The van der Waals surface area contributed by atoms with Crippen LogP contribution in [-0.4, -0.2) is 46.5 Å². The van der Waals surface area contributed by atoms with Gasteiger partial charge in [0.25, 0.3) is 0 Å². The number of nitrogens with zero attached hydrogens (tertiary/aromatic N) is 4. The molecule has 126 valence electrons. The molecule has 0 radical (unpaired) electrons. The van der Waals surface area contributed by atoms with Gasteiger partial charge in [0.2, 0.25) is 11.9 Å². The average Bonchev–Trinajstić information content (AvgIpc) is 3.21. The summed E-state index contributed by atoms with van der Waals surface area (Å²) >= 11 is 3.29. The van der Waals surface area contributed by atoms with E-state index in [9.17, 15) is 4.79 Å². The van der Waals surface area contributed by atoms with E-state index in [0.29, 0.717) is 17.9 Å². The number of hydrogen-bond donors (Lipinski definition) is 1. The Hall–Kier alpha value is -1.80. The third kappa shape index (κ3) is 2.95. The first-order valence-corrected chi connectivity index (χ1v) is 9.68. The molecule has 2 fully saturated rings. The molecule has 0 aliphatic carbocycles. The molecule has 2 aromatic heterocycles. The summed E-state index contributed by atoms with van der Waals surface area (Å²) in [5.41, 5.74) is 5.92. The molecule has 2 aliphatic rings. The number of likely N-dealkylation sites (tertiary alicyclic amines) is 1. The van der Waals surface area contributed by atoms with E-state index < -0.39 is 0 Å². The fourth-order valence-electron chi connectivity index (χ4n) is 3.61. The minimum absolute atomic E-state index is 0.167. The van der Waals surface area contributed by atoms with Crippen LogP contribution in [0.3, 0.4) is 0 Å². The number of anilines is 2. The van der Waals surface area contributed by atoms with Crippen LogP contribution in [0.5, 0.6) is 0 Å². The number of rotatable bonds is 3. The minimum Gasteiger partial charge on any atom is -0.368 e. The van der Waals surface area contributed by atoms with Crippen molar-refractivity contribution < 1.29 is 4.79 Å². The maximum atomic E-state index is 11.8. The van der Waals surface area contributed by atoms with Gasteiger partial charge in [-0.2, -0.15) is 4.98 Å². The molecule has 0 aromatic carbocycles. The molecule has 1 amide bonds. The van der Waals surface area contributed by atoms with Gasteiger partial charge in [0, 0.05) is 38.5 Å². The fraction of sp³-hybridized carbons (Fsp3) is 0.438. The molecule has 0 saturated carbocycles. The molecule has 0 bridgehead atoms. The van der Waals surface area contributed by atoms with Gasteiger partial charge in [-0.25, -0.2) is 4.98 Å². The van der Waals surface area contributed by atoms with E-state index in [1.54, 1.807) is 30.0 Å². The molecule has 4 heterocycles. The second kappa shape index (κ2) is 6.25. The summed E-state index contributed by atoms with van der Waals surface area (Å²) in [4.78, 5) is 24.8. The third-order valence-corrected chi connectivity index (χ3v) is 6.64. The van der Waals surface area contributed by atoms with Crippen molar-refractivity contribution >= 4 is 40.8 Å². The number of nitrogen functional groups attached to an aromatic ring is 1. The number of amides is 1. The molecule has 2 N–H and O–H groups in total. The molecule has 2 aromatic rings. The zero-order valence-corrected chi connectivity index (χ0v) is 15.0. The molecule has 2 aliphatic heterocycles. The van der Waals surface area contributed by atoms with E-state index in [4.69, 9.17) is 5.73 Å². The van der Waals surface area contributed by atoms with Crippen LogP contribution in [0.25, 0.3) is 0 Å². The first kappa shape index (κ1) is 15.7. The van der Waals surface area contributed by atoms with Crippen molar-refractivity contribution in [3.63, 3.8) is 0 Å². The van der Waals surface area contributed by atoms with Crippen LogP contribution in [-0.2, 0) is 4.79 Å². The van der Waals surface area contributed by atoms with Gasteiger partial charge >= 0.3 is 0 Å². The van der Waals surface area contributed by atoms with Crippen molar-refractivity contribution in [2.24, 2.45) is 5.92 Å². The highest BCUT2D eigenvalue weighted by atomic mass is 32.2. The highest BCUT2D eigenvalue weighted by molar-refractivity contribution is 8.01. The van der Waals surface area contributed by atoms with Gasteiger partial charge in [-0.15, -0.1) is 11.3 Å². The van der Waals surface area contributed by atoms with Crippen LogP contribution >= 0.6 is 23.1 Å². The number of carbonyl (C=O) groups is 1. The Morgan fingerprint density at radius 1 is 1.42 bits per heavy atom. The van der Waals surface area contributed by atoms with E-state index in [0.717, 1.165) is 36.9 Å². The first-order chi connectivity index (χ1) is 11.6. The van der Waals surface area contributed by atoms with Crippen LogP contribution < -0.4 is 10.6 Å². The average molecular weight is 361 g/mol. The summed E-state index contributed by atoms with van der Waals surface area (Å²) in [5, 5.41) is 2.91. The molecule has 8 heteroatoms. The van der Waals surface area contributed by atoms with Gasteiger partial charge in [0.15, 0.2) is 0 Å². The summed E-state index contributed by atoms with van der Waals surface area (Å²) in [6.07, 6.45) is 1.07. The Morgan fingerprint density at radius 2 is 2.29 bits per heavy atom. The fourth-order valence-corrected chi connectivity index (χ4v) is 5.33. The maximum absolute atomic E-state index is 11.8. The summed E-state index contributed by atoms with van der Waals surface area (Å²) in [6, 6.07) is 6.39. The first-order valence-electron chi connectivity index (χ1n) is 7.98. The highest BCUT2D eigenvalue weighted by Gasteiger charge is 2.42. The summed E-state index contributed by atoms with van der Waals surface area (Å²) in [6.45, 7) is 4.28. The Labute approximate surface area is 149 Å². The zero-order chi connectivity index (χ0) is 16.7. The smallest absolute Gasteiger partial charge is 0.223 e. The van der Waals surface area contributed by atoms with Gasteiger partial charge in [-0.1, -0.05) is 17.8 Å². The third-order valence-electron chi connectivity index (χ3n) is 4.68. The summed E-state index contributed by atoms with van der Waals surface area (Å²) in [5.74, 6) is 1.85. The lowest BCUT2D eigenvalue weighted by Crippen LogP contribution is -2.38. The largest absolute Gasteiger partial charge is 0.368 e. The monoisotopic (exact) mass is 361 g/mol. The van der Waals surface area contributed by atoms with Crippen molar-refractivity contribution in [2.75, 3.05) is 30.3 Å². The number of hydrogen-bond acceptors (Lipinski definition) is 7.